The summed E-state index contributed by atoms with van der Waals surface area (Å²) in [6.45, 7) is 2.55. The first-order valence-corrected chi connectivity index (χ1v) is 9.07. The molecule has 0 bridgehead atoms. The summed E-state index contributed by atoms with van der Waals surface area (Å²) in [4.78, 5) is 20.6. The van der Waals surface area contributed by atoms with Crippen LogP contribution in [-0.2, 0) is 4.74 Å². The minimum atomic E-state index is -0.0289. The van der Waals surface area contributed by atoms with Crippen LogP contribution >= 0.6 is 0 Å². The molecule has 1 amide bonds. The van der Waals surface area contributed by atoms with Gasteiger partial charge in [-0.15, -0.1) is 0 Å². The van der Waals surface area contributed by atoms with Gasteiger partial charge in [0.25, 0.3) is 5.91 Å². The van der Waals surface area contributed by atoms with E-state index in [4.69, 9.17) is 9.15 Å². The van der Waals surface area contributed by atoms with Crippen LogP contribution in [0, 0.1) is 17.8 Å². The van der Waals surface area contributed by atoms with Crippen LogP contribution in [0.3, 0.4) is 0 Å². The largest absolute Gasteiger partial charge is 0.438 e. The predicted molar refractivity (Wildman–Crippen MR) is 88.6 cm³/mol. The lowest BCUT2D eigenvalue weighted by Gasteiger charge is -2.41. The lowest BCUT2D eigenvalue weighted by atomic mass is 9.77. The van der Waals surface area contributed by atoms with Gasteiger partial charge in [-0.2, -0.15) is 0 Å². The Hall–Kier alpha value is -1.40. The minimum absolute atomic E-state index is 0.0289. The van der Waals surface area contributed by atoms with Gasteiger partial charge in [0.1, 0.15) is 0 Å². The predicted octanol–water partition coefficient (Wildman–Crippen LogP) is 1.88. The van der Waals surface area contributed by atoms with Crippen LogP contribution < -0.4 is 0 Å². The molecule has 1 aromatic rings. The van der Waals surface area contributed by atoms with E-state index in [1.165, 1.54) is 25.4 Å². The number of oxazole rings is 1. The van der Waals surface area contributed by atoms with Crippen molar-refractivity contribution in [3.63, 3.8) is 0 Å². The second-order valence-electron chi connectivity index (χ2n) is 7.91. The second-order valence-corrected chi connectivity index (χ2v) is 7.91. The molecular weight excluding hydrogens is 306 g/mol. The molecule has 1 aromatic heterocycles. The molecule has 0 radical (unpaired) electrons. The maximum atomic E-state index is 12.5. The van der Waals surface area contributed by atoms with E-state index in [1.807, 2.05) is 4.90 Å². The van der Waals surface area contributed by atoms with E-state index < -0.39 is 0 Å². The number of hydrogen-bond acceptors (Lipinski definition) is 5. The van der Waals surface area contributed by atoms with Crippen LogP contribution in [0.15, 0.2) is 17.0 Å². The van der Waals surface area contributed by atoms with Crippen LogP contribution in [0.25, 0.3) is 0 Å². The molecule has 2 heterocycles. The van der Waals surface area contributed by atoms with Crippen LogP contribution in [0.2, 0.25) is 0 Å². The summed E-state index contributed by atoms with van der Waals surface area (Å²) >= 11 is 0. The first kappa shape index (κ1) is 16.1. The van der Waals surface area contributed by atoms with E-state index in [2.05, 4.69) is 24.0 Å². The molecule has 0 spiro atoms. The first-order valence-electron chi connectivity index (χ1n) is 9.07. The average Bonchev–Trinajstić information content (AvgIpc) is 3.08. The summed E-state index contributed by atoms with van der Waals surface area (Å²) in [6.07, 6.45) is 7.93. The Bertz CT molecular complexity index is 570. The van der Waals surface area contributed by atoms with E-state index in [0.717, 1.165) is 38.5 Å². The Morgan fingerprint density at radius 3 is 2.71 bits per heavy atom. The third-order valence-corrected chi connectivity index (χ3v) is 5.92. The van der Waals surface area contributed by atoms with Crippen molar-refractivity contribution < 1.29 is 13.9 Å². The van der Waals surface area contributed by atoms with Crippen molar-refractivity contribution >= 4 is 5.91 Å². The van der Waals surface area contributed by atoms with Crippen LogP contribution in [-0.4, -0.2) is 66.6 Å². The topological polar surface area (TPSA) is 58.8 Å². The molecule has 3 fully saturated rings. The van der Waals surface area contributed by atoms with Crippen molar-refractivity contribution in [2.75, 3.05) is 33.8 Å². The summed E-state index contributed by atoms with van der Waals surface area (Å²) < 4.78 is 11.5. The van der Waals surface area contributed by atoms with Gasteiger partial charge in [-0.05, 0) is 57.5 Å². The van der Waals surface area contributed by atoms with Gasteiger partial charge in [0.15, 0.2) is 6.39 Å². The molecule has 0 unspecified atom stereocenters. The number of aromatic nitrogens is 1. The number of rotatable bonds is 5. The van der Waals surface area contributed by atoms with E-state index >= 15 is 0 Å². The molecule has 24 heavy (non-hydrogen) atoms. The van der Waals surface area contributed by atoms with Gasteiger partial charge in [0, 0.05) is 25.7 Å². The number of fused-ring (bicyclic) bond motifs is 1. The lowest BCUT2D eigenvalue weighted by molar-refractivity contribution is -0.0493. The average molecular weight is 333 g/mol. The molecule has 0 N–H and O–H groups in total. The highest BCUT2D eigenvalue weighted by Crippen LogP contribution is 2.40. The van der Waals surface area contributed by atoms with Crippen LogP contribution in [0.4, 0.5) is 0 Å². The lowest BCUT2D eigenvalue weighted by Crippen LogP contribution is -2.48. The third kappa shape index (κ3) is 3.22. The number of likely N-dealkylation sites (tertiary alicyclic amines) is 1. The number of likely N-dealkylation sites (N-methyl/N-ethyl adjacent to an activating group) is 1. The number of ether oxygens (including phenoxy) is 1. The highest BCUT2D eigenvalue weighted by atomic mass is 16.5. The molecule has 132 valence electrons. The standard InChI is InChI=1S/C18H27N3O3/c1-20(2)15-5-13-8-21(18(22)17-7-19-11-24-17)9-14(13)6-16(15)23-10-12-3-4-12/h7,11-16H,3-6,8-10H2,1-2H3/t13-,14+,15-,16-/m1/s1. The van der Waals surface area contributed by atoms with Crippen molar-refractivity contribution in [1.82, 2.24) is 14.8 Å². The second kappa shape index (κ2) is 6.48. The Morgan fingerprint density at radius 2 is 2.08 bits per heavy atom. The quantitative estimate of drug-likeness (QED) is 0.823. The van der Waals surface area contributed by atoms with Gasteiger partial charge < -0.3 is 19.0 Å². The normalized spacial score (nSPS) is 33.0. The van der Waals surface area contributed by atoms with Gasteiger partial charge in [-0.25, -0.2) is 4.98 Å². The highest BCUT2D eigenvalue weighted by Gasteiger charge is 2.45. The molecule has 6 nitrogen and oxygen atoms in total. The smallest absolute Gasteiger partial charge is 0.291 e. The van der Waals surface area contributed by atoms with Crippen LogP contribution in [0.1, 0.15) is 36.2 Å². The first-order chi connectivity index (χ1) is 11.6. The van der Waals surface area contributed by atoms with Gasteiger partial charge in [-0.3, -0.25) is 4.79 Å². The molecule has 0 aromatic carbocycles. The van der Waals surface area contributed by atoms with Crippen molar-refractivity contribution in [3.05, 3.63) is 18.4 Å². The molecule has 1 aliphatic heterocycles. The van der Waals surface area contributed by atoms with Gasteiger partial charge >= 0.3 is 0 Å². The van der Waals surface area contributed by atoms with Crippen molar-refractivity contribution in [2.24, 2.45) is 17.8 Å². The van der Waals surface area contributed by atoms with E-state index in [-0.39, 0.29) is 5.91 Å². The molecule has 4 atom stereocenters. The SMILES string of the molecule is CN(C)[C@@H]1C[C@@H]2CN(C(=O)c3cnco3)C[C@@H]2C[C@H]1OCC1CC1. The molecule has 3 aliphatic rings. The zero-order valence-corrected chi connectivity index (χ0v) is 14.6. The summed E-state index contributed by atoms with van der Waals surface area (Å²) in [5, 5.41) is 0. The maximum absolute atomic E-state index is 12.5. The van der Waals surface area contributed by atoms with Crippen molar-refractivity contribution in [3.8, 4) is 0 Å². The van der Waals surface area contributed by atoms with Crippen molar-refractivity contribution in [1.29, 1.82) is 0 Å². The molecule has 6 heteroatoms. The number of carbonyl (C=O) groups is 1. The third-order valence-electron chi connectivity index (χ3n) is 5.92. The maximum Gasteiger partial charge on any atom is 0.291 e. The van der Waals surface area contributed by atoms with Crippen LogP contribution in [0.5, 0.6) is 0 Å². The van der Waals surface area contributed by atoms with Gasteiger partial charge in [-0.1, -0.05) is 0 Å². The fourth-order valence-electron chi connectivity index (χ4n) is 4.30. The zero-order valence-electron chi connectivity index (χ0n) is 14.6. The zero-order chi connectivity index (χ0) is 16.7. The number of hydrogen-bond donors (Lipinski definition) is 0. The number of amides is 1. The molecule has 4 rings (SSSR count). The molecule has 2 saturated carbocycles. The Balaban J connectivity index is 1.41. The van der Waals surface area contributed by atoms with Gasteiger partial charge in [0.05, 0.1) is 12.3 Å². The van der Waals surface area contributed by atoms with E-state index in [1.54, 1.807) is 0 Å². The molecular formula is C18H27N3O3. The van der Waals surface area contributed by atoms with E-state index in [0.29, 0.717) is 29.7 Å². The van der Waals surface area contributed by atoms with Crippen molar-refractivity contribution in [2.45, 2.75) is 37.8 Å². The monoisotopic (exact) mass is 333 g/mol. The fourth-order valence-corrected chi connectivity index (χ4v) is 4.30. The summed E-state index contributed by atoms with van der Waals surface area (Å²) in [6, 6.07) is 0.449. The summed E-state index contributed by atoms with van der Waals surface area (Å²) in [5.74, 6) is 2.21. The Kier molecular flexibility index (Phi) is 4.35. The fraction of sp³-hybridized carbons (Fsp3) is 0.778. The highest BCUT2D eigenvalue weighted by molar-refractivity contribution is 5.91. The van der Waals surface area contributed by atoms with E-state index in [9.17, 15) is 4.79 Å². The number of carbonyl (C=O) groups excluding carboxylic acids is 1. The summed E-state index contributed by atoms with van der Waals surface area (Å²) in [5.41, 5.74) is 0. The molecule has 1 saturated heterocycles. The Morgan fingerprint density at radius 1 is 1.33 bits per heavy atom. The minimum Gasteiger partial charge on any atom is -0.438 e. The number of nitrogens with zero attached hydrogens (tertiary/aromatic N) is 3. The Labute approximate surface area is 143 Å². The molecule has 2 aliphatic carbocycles. The summed E-state index contributed by atoms with van der Waals surface area (Å²) in [7, 11) is 4.29. The van der Waals surface area contributed by atoms with Gasteiger partial charge in [0.2, 0.25) is 5.76 Å².